The number of nitrogens with zero attached hydrogens (tertiary/aromatic N) is 2. The van der Waals surface area contributed by atoms with Gasteiger partial charge in [-0.3, -0.25) is 9.48 Å². The highest BCUT2D eigenvalue weighted by molar-refractivity contribution is 9.10. The number of carbonyl (C=O) groups is 1. The second-order valence-corrected chi connectivity index (χ2v) is 5.93. The molecular formula is C13H20BrN3O2. The number of aromatic nitrogens is 2. The molecule has 0 aliphatic heterocycles. The molecule has 0 radical (unpaired) electrons. The van der Waals surface area contributed by atoms with E-state index in [1.807, 2.05) is 17.8 Å². The number of hydrogen-bond donors (Lipinski definition) is 2. The van der Waals surface area contributed by atoms with Crippen molar-refractivity contribution in [3.63, 3.8) is 0 Å². The van der Waals surface area contributed by atoms with E-state index < -0.39 is 0 Å². The molecule has 6 heteroatoms. The molecule has 1 aromatic rings. The molecule has 19 heavy (non-hydrogen) atoms. The van der Waals surface area contributed by atoms with Gasteiger partial charge in [0.05, 0.1) is 30.2 Å². The molecule has 1 aliphatic rings. The molecule has 0 saturated heterocycles. The quantitative estimate of drug-likeness (QED) is 0.805. The SMILES string of the molecule is CCC(Br)C(=O)NC1CCCc2c1cnn2CCO. The van der Waals surface area contributed by atoms with Crippen LogP contribution in [0.3, 0.4) is 0 Å². The minimum atomic E-state index is -0.134. The van der Waals surface area contributed by atoms with Crippen LogP contribution in [0, 0.1) is 0 Å². The van der Waals surface area contributed by atoms with Crippen LogP contribution in [-0.4, -0.2) is 32.2 Å². The van der Waals surface area contributed by atoms with Gasteiger partial charge in [0.25, 0.3) is 0 Å². The van der Waals surface area contributed by atoms with Gasteiger partial charge in [-0.25, -0.2) is 0 Å². The average molecular weight is 330 g/mol. The van der Waals surface area contributed by atoms with E-state index >= 15 is 0 Å². The van der Waals surface area contributed by atoms with Crippen molar-refractivity contribution in [2.24, 2.45) is 0 Å². The van der Waals surface area contributed by atoms with Crippen LogP contribution in [0.5, 0.6) is 0 Å². The van der Waals surface area contributed by atoms with E-state index in [0.29, 0.717) is 6.54 Å². The van der Waals surface area contributed by atoms with Crippen molar-refractivity contribution >= 4 is 21.8 Å². The molecule has 106 valence electrons. The zero-order valence-corrected chi connectivity index (χ0v) is 12.7. The van der Waals surface area contributed by atoms with Crippen LogP contribution in [0.2, 0.25) is 0 Å². The second-order valence-electron chi connectivity index (χ2n) is 4.82. The number of halogens is 1. The predicted octanol–water partition coefficient (Wildman–Crippen LogP) is 1.54. The fourth-order valence-electron chi connectivity index (χ4n) is 2.50. The standard InChI is InChI=1S/C13H20BrN3O2/c1-2-10(14)13(19)16-11-4-3-5-12-9(11)8-15-17(12)6-7-18/h8,10-11,18H,2-7H2,1H3,(H,16,19). The highest BCUT2D eigenvalue weighted by atomic mass is 79.9. The Morgan fingerprint density at radius 2 is 2.53 bits per heavy atom. The Morgan fingerprint density at radius 1 is 1.74 bits per heavy atom. The predicted molar refractivity (Wildman–Crippen MR) is 76.1 cm³/mol. The van der Waals surface area contributed by atoms with Crippen molar-refractivity contribution in [1.29, 1.82) is 0 Å². The Kier molecular flexibility index (Phi) is 4.99. The van der Waals surface area contributed by atoms with Crippen molar-refractivity contribution in [3.05, 3.63) is 17.5 Å². The number of fused-ring (bicyclic) bond motifs is 1. The van der Waals surface area contributed by atoms with Crippen molar-refractivity contribution in [2.45, 2.75) is 50.0 Å². The highest BCUT2D eigenvalue weighted by Gasteiger charge is 2.26. The molecule has 2 N–H and O–H groups in total. The molecule has 0 fully saturated rings. The Labute approximate surface area is 121 Å². The van der Waals surface area contributed by atoms with Crippen molar-refractivity contribution in [2.75, 3.05) is 6.61 Å². The third-order valence-electron chi connectivity index (χ3n) is 3.53. The fourth-order valence-corrected chi connectivity index (χ4v) is 2.64. The van der Waals surface area contributed by atoms with Gasteiger partial charge in [-0.15, -0.1) is 0 Å². The lowest BCUT2D eigenvalue weighted by atomic mass is 9.93. The summed E-state index contributed by atoms with van der Waals surface area (Å²) in [5, 5.41) is 16.4. The Balaban J connectivity index is 2.12. The van der Waals surface area contributed by atoms with Crippen LogP contribution in [-0.2, 0) is 17.8 Å². The van der Waals surface area contributed by atoms with Gasteiger partial charge in [0, 0.05) is 11.3 Å². The zero-order valence-electron chi connectivity index (χ0n) is 11.1. The molecule has 2 unspecified atom stereocenters. The summed E-state index contributed by atoms with van der Waals surface area (Å²) in [7, 11) is 0. The Hall–Kier alpha value is -0.880. The van der Waals surface area contributed by atoms with Crippen LogP contribution in [0.1, 0.15) is 43.5 Å². The fraction of sp³-hybridized carbons (Fsp3) is 0.692. The molecule has 2 rings (SSSR count). The van der Waals surface area contributed by atoms with E-state index in [1.54, 1.807) is 0 Å². The molecule has 0 spiro atoms. The molecular weight excluding hydrogens is 310 g/mol. The van der Waals surface area contributed by atoms with Crippen molar-refractivity contribution < 1.29 is 9.90 Å². The third kappa shape index (κ3) is 3.17. The van der Waals surface area contributed by atoms with E-state index in [0.717, 1.165) is 36.9 Å². The summed E-state index contributed by atoms with van der Waals surface area (Å²) in [6.07, 6.45) is 5.55. The van der Waals surface area contributed by atoms with Gasteiger partial charge >= 0.3 is 0 Å². The van der Waals surface area contributed by atoms with Gasteiger partial charge in [0.15, 0.2) is 0 Å². The summed E-state index contributed by atoms with van der Waals surface area (Å²) in [6, 6.07) is 0.0512. The summed E-state index contributed by atoms with van der Waals surface area (Å²) < 4.78 is 1.85. The summed E-state index contributed by atoms with van der Waals surface area (Å²) in [5.41, 5.74) is 2.25. The molecule has 1 amide bonds. The lowest BCUT2D eigenvalue weighted by molar-refractivity contribution is -0.121. The van der Waals surface area contributed by atoms with E-state index in [-0.39, 0.29) is 23.4 Å². The normalized spacial score (nSPS) is 19.8. The van der Waals surface area contributed by atoms with Gasteiger partial charge in [-0.05, 0) is 25.7 Å². The number of alkyl halides is 1. The molecule has 1 heterocycles. The molecule has 0 bridgehead atoms. The summed E-state index contributed by atoms with van der Waals surface area (Å²) in [5.74, 6) is 0.0373. The summed E-state index contributed by atoms with van der Waals surface area (Å²) in [6.45, 7) is 2.58. The molecule has 5 nitrogen and oxygen atoms in total. The largest absolute Gasteiger partial charge is 0.394 e. The van der Waals surface area contributed by atoms with Crippen LogP contribution in [0.15, 0.2) is 6.20 Å². The first-order chi connectivity index (χ1) is 9.17. The summed E-state index contributed by atoms with van der Waals surface area (Å²) >= 11 is 3.37. The van der Waals surface area contributed by atoms with Crippen LogP contribution < -0.4 is 5.32 Å². The number of aliphatic hydroxyl groups excluding tert-OH is 1. The van der Waals surface area contributed by atoms with Crippen LogP contribution >= 0.6 is 15.9 Å². The van der Waals surface area contributed by atoms with Crippen LogP contribution in [0.4, 0.5) is 0 Å². The zero-order chi connectivity index (χ0) is 13.8. The summed E-state index contributed by atoms with van der Waals surface area (Å²) in [4.78, 5) is 11.8. The van der Waals surface area contributed by atoms with Gasteiger partial charge in [-0.1, -0.05) is 22.9 Å². The first-order valence-electron chi connectivity index (χ1n) is 6.77. The topological polar surface area (TPSA) is 67.2 Å². The van der Waals surface area contributed by atoms with Crippen molar-refractivity contribution in [3.8, 4) is 0 Å². The molecule has 1 aliphatic carbocycles. The minimum absolute atomic E-state index is 0.0373. The van der Waals surface area contributed by atoms with Gasteiger partial charge in [0.2, 0.25) is 5.91 Å². The lowest BCUT2D eigenvalue weighted by Crippen LogP contribution is -2.35. The molecule has 2 atom stereocenters. The lowest BCUT2D eigenvalue weighted by Gasteiger charge is -2.25. The van der Waals surface area contributed by atoms with Gasteiger partial charge in [-0.2, -0.15) is 5.10 Å². The first-order valence-corrected chi connectivity index (χ1v) is 7.68. The average Bonchev–Trinajstić information content (AvgIpc) is 2.83. The van der Waals surface area contributed by atoms with E-state index in [1.165, 1.54) is 0 Å². The first kappa shape index (κ1) is 14.5. The maximum absolute atomic E-state index is 12.0. The van der Waals surface area contributed by atoms with E-state index in [9.17, 15) is 4.79 Å². The third-order valence-corrected chi connectivity index (χ3v) is 4.60. The molecule has 0 saturated carbocycles. The smallest absolute Gasteiger partial charge is 0.234 e. The Bertz CT molecular complexity index is 447. The Morgan fingerprint density at radius 3 is 3.21 bits per heavy atom. The van der Waals surface area contributed by atoms with E-state index in [2.05, 4.69) is 26.3 Å². The number of hydrogen-bond acceptors (Lipinski definition) is 3. The second kappa shape index (κ2) is 6.52. The van der Waals surface area contributed by atoms with E-state index in [4.69, 9.17) is 5.11 Å². The minimum Gasteiger partial charge on any atom is -0.394 e. The number of nitrogens with one attached hydrogen (secondary N) is 1. The maximum Gasteiger partial charge on any atom is 0.234 e. The highest BCUT2D eigenvalue weighted by Crippen LogP contribution is 2.29. The monoisotopic (exact) mass is 329 g/mol. The number of rotatable bonds is 5. The molecule has 1 aromatic heterocycles. The number of amides is 1. The van der Waals surface area contributed by atoms with Crippen LogP contribution in [0.25, 0.3) is 0 Å². The number of aliphatic hydroxyl groups is 1. The molecule has 0 aromatic carbocycles. The number of carbonyl (C=O) groups excluding carboxylic acids is 1. The maximum atomic E-state index is 12.0. The van der Waals surface area contributed by atoms with Gasteiger partial charge in [0.1, 0.15) is 0 Å². The van der Waals surface area contributed by atoms with Gasteiger partial charge < -0.3 is 10.4 Å². The van der Waals surface area contributed by atoms with Crippen molar-refractivity contribution in [1.82, 2.24) is 15.1 Å².